The van der Waals surface area contributed by atoms with E-state index in [4.69, 9.17) is 19.1 Å². The van der Waals surface area contributed by atoms with Gasteiger partial charge >= 0.3 is 0 Å². The maximum Gasteiger partial charge on any atom is 0.145 e. The van der Waals surface area contributed by atoms with Gasteiger partial charge in [0.15, 0.2) is 0 Å². The van der Waals surface area contributed by atoms with Gasteiger partial charge in [0, 0.05) is 52.3 Å². The lowest BCUT2D eigenvalue weighted by Gasteiger charge is -2.39. The molecule has 1 aliphatic rings. The fourth-order valence-electron chi connectivity index (χ4n) is 7.47. The molecule has 10 rings (SSSR count). The number of ether oxygens (including phenoxy) is 1. The lowest BCUT2D eigenvalue weighted by molar-refractivity contribution is 0.483. The van der Waals surface area contributed by atoms with Gasteiger partial charge in [-0.2, -0.15) is 0 Å². The largest absolute Gasteiger partial charge is 0.457 e. The Morgan fingerprint density at radius 3 is 2.40 bits per heavy atom. The van der Waals surface area contributed by atoms with E-state index in [-0.39, 0.29) is 0 Å². The summed E-state index contributed by atoms with van der Waals surface area (Å²) in [5.74, 6) is 2.46. The Labute approximate surface area is 271 Å². The van der Waals surface area contributed by atoms with E-state index >= 15 is 0 Å². The summed E-state index contributed by atoms with van der Waals surface area (Å²) in [5, 5.41) is 8.33. The van der Waals surface area contributed by atoms with Crippen LogP contribution in [0, 0.1) is 0 Å². The van der Waals surface area contributed by atoms with E-state index in [0.717, 1.165) is 72.6 Å². The number of aromatic nitrogens is 3. The summed E-state index contributed by atoms with van der Waals surface area (Å²) in [7, 11) is -2.11. The summed E-state index contributed by atoms with van der Waals surface area (Å²) in [6, 6.07) is 40.1. The highest BCUT2D eigenvalue weighted by Gasteiger charge is 2.40. The second-order valence-corrected chi connectivity index (χ2v) is 17.1. The zero-order valence-electron chi connectivity index (χ0n) is 25.8. The molecule has 0 bridgehead atoms. The van der Waals surface area contributed by atoms with Crippen LogP contribution < -0.4 is 20.0 Å². The van der Waals surface area contributed by atoms with Crippen molar-refractivity contribution < 1.29 is 9.15 Å². The van der Waals surface area contributed by atoms with Crippen molar-refractivity contribution in [1.29, 1.82) is 0 Å². The molecule has 0 N–H and O–H groups in total. The Kier molecular flexibility index (Phi) is 5.34. The number of nitrogens with zero attached hydrogens (tertiary/aromatic N) is 4. The highest BCUT2D eigenvalue weighted by atomic mass is 28.3. The molecule has 5 heterocycles. The smallest absolute Gasteiger partial charge is 0.145 e. The number of hydrogen-bond donors (Lipinski definition) is 0. The lowest BCUT2D eigenvalue weighted by Crippen LogP contribution is -2.58. The summed E-state index contributed by atoms with van der Waals surface area (Å²) < 4.78 is 15.1. The van der Waals surface area contributed by atoms with Crippen LogP contribution in [0.3, 0.4) is 0 Å². The van der Waals surface area contributed by atoms with Crippen LogP contribution in [0.5, 0.6) is 11.5 Å². The van der Waals surface area contributed by atoms with E-state index in [2.05, 4.69) is 107 Å². The van der Waals surface area contributed by atoms with Crippen molar-refractivity contribution in [3.8, 4) is 11.5 Å². The number of fused-ring (bicyclic) bond motifs is 11. The number of anilines is 3. The van der Waals surface area contributed by atoms with Crippen LogP contribution >= 0.6 is 0 Å². The zero-order chi connectivity index (χ0) is 31.3. The van der Waals surface area contributed by atoms with Gasteiger partial charge in [0.25, 0.3) is 0 Å². The molecule has 5 aromatic carbocycles. The minimum Gasteiger partial charge on any atom is -0.457 e. The summed E-state index contributed by atoms with van der Waals surface area (Å²) in [6.45, 7) is 4.83. The standard InChI is InChI=1S/C40H28N4O2Si/c1-47(2)37-15-8-18-41-40(37)44(34-24-36-31(23-38(34)47)30-12-4-6-14-35(30)46-36)25-9-7-10-26(21-25)45-27-16-17-28-29-11-3-5-13-33(29)43-20-19-42-39(43)32(28)22-27/h3-24H,1-2H3. The van der Waals surface area contributed by atoms with Crippen molar-refractivity contribution in [2.24, 2.45) is 0 Å². The summed E-state index contributed by atoms with van der Waals surface area (Å²) in [5.41, 5.74) is 5.91. The molecule has 7 heteroatoms. The average molecular weight is 625 g/mol. The molecule has 1 aliphatic heterocycles. The molecule has 9 aromatic rings. The van der Waals surface area contributed by atoms with E-state index in [0.29, 0.717) is 0 Å². The molecular formula is C40H28N4O2Si. The molecule has 6 nitrogen and oxygen atoms in total. The van der Waals surface area contributed by atoms with Crippen molar-refractivity contribution >= 4 is 84.9 Å². The minimum absolute atomic E-state index is 0.743. The Bertz CT molecular complexity index is 2730. The van der Waals surface area contributed by atoms with E-state index in [1.807, 2.05) is 48.9 Å². The SMILES string of the molecule is C[Si]1(C)c2cc3c(cc2N(c2cccc(Oc4ccc5c6ccccc6n6ccnc6c5c4)c2)c2ncccc21)oc1ccccc13. The predicted molar refractivity (Wildman–Crippen MR) is 193 cm³/mol. The van der Waals surface area contributed by atoms with Crippen LogP contribution in [-0.4, -0.2) is 22.4 Å². The second kappa shape index (κ2) is 9.54. The number of pyridine rings is 2. The van der Waals surface area contributed by atoms with Gasteiger partial charge in [-0.25, -0.2) is 9.97 Å². The van der Waals surface area contributed by atoms with Gasteiger partial charge < -0.3 is 9.15 Å². The normalized spacial score (nSPS) is 13.9. The Morgan fingerprint density at radius 1 is 0.617 bits per heavy atom. The quantitative estimate of drug-likeness (QED) is 0.145. The number of hydrogen-bond acceptors (Lipinski definition) is 5. The van der Waals surface area contributed by atoms with E-state index in [1.54, 1.807) is 0 Å². The van der Waals surface area contributed by atoms with Crippen LogP contribution in [0.4, 0.5) is 17.2 Å². The fourth-order valence-corrected chi connectivity index (χ4v) is 10.3. The first-order valence-corrected chi connectivity index (χ1v) is 18.8. The molecule has 224 valence electrons. The van der Waals surface area contributed by atoms with Crippen LogP contribution in [0.25, 0.3) is 49.3 Å². The van der Waals surface area contributed by atoms with E-state index in [1.165, 1.54) is 15.8 Å². The third-order valence-corrected chi connectivity index (χ3v) is 13.2. The first kappa shape index (κ1) is 26.3. The molecule has 0 unspecified atom stereocenters. The summed E-state index contributed by atoms with van der Waals surface area (Å²) >= 11 is 0. The van der Waals surface area contributed by atoms with Gasteiger partial charge in [0.1, 0.15) is 42.2 Å². The first-order valence-electron chi connectivity index (χ1n) is 15.8. The van der Waals surface area contributed by atoms with Gasteiger partial charge in [0.2, 0.25) is 0 Å². The van der Waals surface area contributed by atoms with Gasteiger partial charge in [-0.3, -0.25) is 9.30 Å². The molecule has 0 amide bonds. The van der Waals surface area contributed by atoms with Gasteiger partial charge in [-0.1, -0.05) is 61.6 Å². The van der Waals surface area contributed by atoms with Gasteiger partial charge in [-0.15, -0.1) is 0 Å². The van der Waals surface area contributed by atoms with Gasteiger partial charge in [-0.05, 0) is 70.4 Å². The topological polar surface area (TPSA) is 55.8 Å². The summed E-state index contributed by atoms with van der Waals surface area (Å²) in [6.07, 6.45) is 5.75. The zero-order valence-corrected chi connectivity index (χ0v) is 26.8. The molecule has 47 heavy (non-hydrogen) atoms. The molecule has 4 aromatic heterocycles. The molecule has 0 radical (unpaired) electrons. The van der Waals surface area contributed by atoms with Crippen LogP contribution in [0.2, 0.25) is 13.1 Å². The number of furan rings is 1. The van der Waals surface area contributed by atoms with Crippen LogP contribution in [0.1, 0.15) is 0 Å². The molecule has 0 aliphatic carbocycles. The monoisotopic (exact) mass is 624 g/mol. The lowest BCUT2D eigenvalue weighted by atomic mass is 10.1. The predicted octanol–water partition coefficient (Wildman–Crippen LogP) is 9.33. The number of rotatable bonds is 3. The van der Waals surface area contributed by atoms with Crippen LogP contribution in [-0.2, 0) is 0 Å². The Hall–Kier alpha value is -5.92. The number of imidazole rings is 1. The highest BCUT2D eigenvalue weighted by molar-refractivity contribution is 7.02. The molecule has 0 saturated carbocycles. The molecule has 0 fully saturated rings. The number of para-hydroxylation sites is 2. The van der Waals surface area contributed by atoms with Gasteiger partial charge in [0.05, 0.1) is 16.9 Å². The first-order chi connectivity index (χ1) is 23.0. The third-order valence-electron chi connectivity index (χ3n) is 9.72. The maximum absolute atomic E-state index is 6.59. The second-order valence-electron chi connectivity index (χ2n) is 12.7. The van der Waals surface area contributed by atoms with E-state index < -0.39 is 8.07 Å². The third kappa shape index (κ3) is 3.77. The average Bonchev–Trinajstić information content (AvgIpc) is 3.74. The minimum atomic E-state index is -2.11. The van der Waals surface area contributed by atoms with Crippen molar-refractivity contribution in [2.75, 3.05) is 4.90 Å². The Morgan fingerprint density at radius 2 is 1.47 bits per heavy atom. The molecule has 0 spiro atoms. The van der Waals surface area contributed by atoms with Crippen LogP contribution in [0.15, 0.2) is 138 Å². The highest BCUT2D eigenvalue weighted by Crippen LogP contribution is 2.42. The fraction of sp³-hybridized carbons (Fsp3) is 0.0500. The van der Waals surface area contributed by atoms with Crippen molar-refractivity contribution in [3.05, 3.63) is 134 Å². The van der Waals surface area contributed by atoms with E-state index in [9.17, 15) is 0 Å². The molecule has 0 saturated heterocycles. The van der Waals surface area contributed by atoms with Crippen molar-refractivity contribution in [2.45, 2.75) is 13.1 Å². The summed E-state index contributed by atoms with van der Waals surface area (Å²) in [4.78, 5) is 11.9. The Balaban J connectivity index is 1.12. The molecular weight excluding hydrogens is 597 g/mol. The van der Waals surface area contributed by atoms with Crippen molar-refractivity contribution in [3.63, 3.8) is 0 Å². The molecule has 0 atom stereocenters. The van der Waals surface area contributed by atoms with Crippen molar-refractivity contribution in [1.82, 2.24) is 14.4 Å². The maximum atomic E-state index is 6.59. The number of benzene rings is 5.